The van der Waals surface area contributed by atoms with Crippen molar-refractivity contribution in [1.29, 1.82) is 0 Å². The highest BCUT2D eigenvalue weighted by molar-refractivity contribution is 4.92. The van der Waals surface area contributed by atoms with Crippen LogP contribution in [0.4, 0.5) is 13.2 Å². The number of hydrogen-bond acceptors (Lipinski definition) is 2. The van der Waals surface area contributed by atoms with E-state index in [4.69, 9.17) is 4.74 Å². The fourth-order valence-corrected chi connectivity index (χ4v) is 3.51. The van der Waals surface area contributed by atoms with E-state index < -0.39 is 12.2 Å². The normalized spacial score (nSPS) is 37.4. The Labute approximate surface area is 119 Å². The smallest absolute Gasteiger partial charge is 0.378 e. The summed E-state index contributed by atoms with van der Waals surface area (Å²) in [5.74, 6) is 0.589. The molecule has 2 nitrogen and oxygen atoms in total. The topological polar surface area (TPSA) is 12.5 Å². The van der Waals surface area contributed by atoms with Crippen LogP contribution in [-0.2, 0) is 4.74 Å². The summed E-state index contributed by atoms with van der Waals surface area (Å²) in [4.78, 5) is 1.66. The Morgan fingerprint density at radius 3 is 2.30 bits per heavy atom. The van der Waals surface area contributed by atoms with E-state index in [1.54, 1.807) is 4.90 Å². The summed E-state index contributed by atoms with van der Waals surface area (Å²) in [6.45, 7) is 7.33. The van der Waals surface area contributed by atoms with Crippen molar-refractivity contribution in [3.63, 3.8) is 0 Å². The van der Waals surface area contributed by atoms with Crippen molar-refractivity contribution in [3.8, 4) is 0 Å². The highest BCUT2D eigenvalue weighted by atomic mass is 19.4. The van der Waals surface area contributed by atoms with Crippen LogP contribution in [0.3, 0.4) is 0 Å². The molecule has 1 heterocycles. The van der Waals surface area contributed by atoms with E-state index in [0.717, 1.165) is 25.7 Å². The zero-order valence-electron chi connectivity index (χ0n) is 12.7. The van der Waals surface area contributed by atoms with Gasteiger partial charge in [0.05, 0.1) is 13.2 Å². The maximum Gasteiger partial charge on any atom is 0.406 e. The van der Waals surface area contributed by atoms with Crippen molar-refractivity contribution >= 4 is 0 Å². The molecule has 0 bridgehead atoms. The van der Waals surface area contributed by atoms with Crippen molar-refractivity contribution in [2.24, 2.45) is 11.3 Å². The van der Waals surface area contributed by atoms with E-state index in [9.17, 15) is 13.2 Å². The van der Waals surface area contributed by atoms with Crippen molar-refractivity contribution in [2.45, 2.75) is 64.7 Å². The van der Waals surface area contributed by atoms with Gasteiger partial charge in [0.15, 0.2) is 0 Å². The molecule has 2 rings (SSSR count). The molecular weight excluding hydrogens is 267 g/mol. The monoisotopic (exact) mass is 293 g/mol. The Morgan fingerprint density at radius 2 is 1.80 bits per heavy atom. The van der Waals surface area contributed by atoms with Gasteiger partial charge in [-0.3, -0.25) is 4.90 Å². The number of morpholine rings is 1. The number of ether oxygens (including phenoxy) is 1. The predicted molar refractivity (Wildman–Crippen MR) is 72.6 cm³/mol. The molecule has 2 aliphatic rings. The fourth-order valence-electron chi connectivity index (χ4n) is 3.51. The van der Waals surface area contributed by atoms with Crippen molar-refractivity contribution in [3.05, 3.63) is 0 Å². The Morgan fingerprint density at radius 1 is 1.20 bits per heavy atom. The van der Waals surface area contributed by atoms with E-state index in [0.29, 0.717) is 19.1 Å². The summed E-state index contributed by atoms with van der Waals surface area (Å²) in [6, 6.07) is -1.35. The lowest BCUT2D eigenvalue weighted by molar-refractivity contribution is -0.221. The van der Waals surface area contributed by atoms with Gasteiger partial charge in [0, 0.05) is 12.6 Å². The average molecular weight is 293 g/mol. The van der Waals surface area contributed by atoms with Crippen LogP contribution in [0.2, 0.25) is 0 Å². The van der Waals surface area contributed by atoms with Crippen LogP contribution in [0.5, 0.6) is 0 Å². The van der Waals surface area contributed by atoms with Crippen LogP contribution in [0.15, 0.2) is 0 Å². The second-order valence-corrected chi connectivity index (χ2v) is 6.91. The first-order valence-electron chi connectivity index (χ1n) is 7.64. The third-order valence-electron chi connectivity index (χ3n) is 5.51. The molecule has 0 unspecified atom stereocenters. The third kappa shape index (κ3) is 3.30. The van der Waals surface area contributed by atoms with Gasteiger partial charge in [-0.05, 0) is 37.0 Å². The quantitative estimate of drug-likeness (QED) is 0.766. The predicted octanol–water partition coefficient (Wildman–Crippen LogP) is 3.85. The zero-order chi connectivity index (χ0) is 15.0. The Hall–Kier alpha value is -0.290. The van der Waals surface area contributed by atoms with Gasteiger partial charge in [0.1, 0.15) is 6.04 Å². The number of halogens is 3. The number of hydrogen-bond donors (Lipinski definition) is 0. The van der Waals surface area contributed by atoms with Gasteiger partial charge in [0.2, 0.25) is 0 Å². The first-order chi connectivity index (χ1) is 9.24. The van der Waals surface area contributed by atoms with Gasteiger partial charge in [-0.2, -0.15) is 13.2 Å². The fraction of sp³-hybridized carbons (Fsp3) is 1.00. The standard InChI is InChI=1S/C15H26F3NO/c1-11(2)14(3)6-4-12(5-7-14)19-8-9-20-10-13(19)15(16,17)18/h11-13H,4-10H2,1-3H3/t12?,13-,14?/m1/s1. The van der Waals surface area contributed by atoms with Gasteiger partial charge < -0.3 is 4.74 Å². The highest BCUT2D eigenvalue weighted by Gasteiger charge is 2.48. The molecule has 0 aromatic heterocycles. The second kappa shape index (κ2) is 5.84. The maximum absolute atomic E-state index is 13.1. The van der Waals surface area contributed by atoms with Gasteiger partial charge in [-0.1, -0.05) is 20.8 Å². The van der Waals surface area contributed by atoms with E-state index in [-0.39, 0.29) is 18.1 Å². The summed E-state index contributed by atoms with van der Waals surface area (Å²) in [6.07, 6.45) is -0.379. The SMILES string of the molecule is CC(C)C1(C)CCC(N2CCOC[C@@H]2C(F)(F)F)CC1. The molecule has 1 aliphatic carbocycles. The lowest BCUT2D eigenvalue weighted by atomic mass is 9.67. The number of nitrogens with zero attached hydrogens (tertiary/aromatic N) is 1. The third-order valence-corrected chi connectivity index (χ3v) is 5.51. The molecule has 118 valence electrons. The summed E-state index contributed by atoms with van der Waals surface area (Å²) < 4.78 is 44.4. The molecule has 2 fully saturated rings. The first-order valence-corrected chi connectivity index (χ1v) is 7.64. The molecule has 1 aliphatic heterocycles. The van der Waals surface area contributed by atoms with Gasteiger partial charge in [-0.25, -0.2) is 0 Å². The minimum absolute atomic E-state index is 0.0670. The molecule has 0 aromatic carbocycles. The van der Waals surface area contributed by atoms with E-state index in [1.807, 2.05) is 0 Å². The molecule has 1 saturated carbocycles. The number of rotatable bonds is 2. The molecule has 0 spiro atoms. The van der Waals surface area contributed by atoms with Crippen LogP contribution in [0, 0.1) is 11.3 Å². The lowest BCUT2D eigenvalue weighted by Gasteiger charge is -2.47. The van der Waals surface area contributed by atoms with Crippen LogP contribution in [-0.4, -0.2) is 42.9 Å². The average Bonchev–Trinajstić information content (AvgIpc) is 2.38. The summed E-state index contributed by atoms with van der Waals surface area (Å²) in [7, 11) is 0. The van der Waals surface area contributed by atoms with Crippen LogP contribution in [0.1, 0.15) is 46.5 Å². The van der Waals surface area contributed by atoms with Crippen LogP contribution < -0.4 is 0 Å². The first kappa shape index (κ1) is 16.1. The van der Waals surface area contributed by atoms with Crippen molar-refractivity contribution < 1.29 is 17.9 Å². The van der Waals surface area contributed by atoms with Crippen molar-refractivity contribution in [1.82, 2.24) is 4.90 Å². The summed E-state index contributed by atoms with van der Waals surface area (Å²) in [5.41, 5.74) is 0.288. The van der Waals surface area contributed by atoms with Gasteiger partial charge in [0.25, 0.3) is 0 Å². The Bertz CT molecular complexity index is 322. The molecular formula is C15H26F3NO. The molecule has 0 amide bonds. The zero-order valence-corrected chi connectivity index (χ0v) is 12.7. The minimum Gasteiger partial charge on any atom is -0.378 e. The molecule has 0 aromatic rings. The minimum atomic E-state index is -4.18. The molecule has 0 N–H and O–H groups in total. The molecule has 1 saturated heterocycles. The van der Waals surface area contributed by atoms with Crippen LogP contribution in [0.25, 0.3) is 0 Å². The van der Waals surface area contributed by atoms with E-state index in [1.165, 1.54) is 0 Å². The highest BCUT2D eigenvalue weighted by Crippen LogP contribution is 2.44. The molecule has 20 heavy (non-hydrogen) atoms. The van der Waals surface area contributed by atoms with E-state index in [2.05, 4.69) is 20.8 Å². The Kier molecular flexibility index (Phi) is 4.69. The largest absolute Gasteiger partial charge is 0.406 e. The van der Waals surface area contributed by atoms with E-state index >= 15 is 0 Å². The van der Waals surface area contributed by atoms with Crippen LogP contribution >= 0.6 is 0 Å². The Balaban J connectivity index is 2.01. The van der Waals surface area contributed by atoms with Gasteiger partial charge >= 0.3 is 6.18 Å². The maximum atomic E-state index is 13.1. The molecule has 0 radical (unpaired) electrons. The van der Waals surface area contributed by atoms with Gasteiger partial charge in [-0.15, -0.1) is 0 Å². The van der Waals surface area contributed by atoms with Crippen molar-refractivity contribution in [2.75, 3.05) is 19.8 Å². The lowest BCUT2D eigenvalue weighted by Crippen LogP contribution is -2.58. The second-order valence-electron chi connectivity index (χ2n) is 6.91. The summed E-state index contributed by atoms with van der Waals surface area (Å²) in [5, 5.41) is 0. The number of alkyl halides is 3. The molecule has 5 heteroatoms. The molecule has 1 atom stereocenters. The summed E-state index contributed by atoms with van der Waals surface area (Å²) >= 11 is 0.